The van der Waals surface area contributed by atoms with Gasteiger partial charge in [-0.3, -0.25) is 10.1 Å². The first kappa shape index (κ1) is 20.8. The van der Waals surface area contributed by atoms with Gasteiger partial charge in [-0.15, -0.1) is 10.2 Å². The lowest BCUT2D eigenvalue weighted by Gasteiger charge is -2.21. The summed E-state index contributed by atoms with van der Waals surface area (Å²) in [7, 11) is 0. The molecule has 1 heterocycles. The Hall–Kier alpha value is -2.48. The number of aromatic nitrogens is 2. The maximum absolute atomic E-state index is 12.6. The standard InChI is InChI=1S/C19H27N5O2S/c1-5-6-10-20-18(26)21-15(12(2)3)16(25)22-19-24-23-17(27-19)14-9-7-8-13(4)11-14/h7-9,11-12,15H,5-6,10H2,1-4H3,(H2,20,21,26)(H,22,24,25)/t15-/m1/s1. The maximum atomic E-state index is 12.6. The first-order valence-electron chi connectivity index (χ1n) is 9.16. The number of hydrogen-bond acceptors (Lipinski definition) is 5. The van der Waals surface area contributed by atoms with Crippen molar-refractivity contribution < 1.29 is 9.59 Å². The van der Waals surface area contributed by atoms with E-state index in [-0.39, 0.29) is 17.9 Å². The molecular weight excluding hydrogens is 362 g/mol. The monoisotopic (exact) mass is 389 g/mol. The fraction of sp³-hybridized carbons (Fsp3) is 0.474. The molecule has 1 atom stereocenters. The van der Waals surface area contributed by atoms with Crippen LogP contribution in [-0.2, 0) is 4.79 Å². The van der Waals surface area contributed by atoms with Crippen molar-refractivity contribution in [1.82, 2.24) is 20.8 Å². The van der Waals surface area contributed by atoms with E-state index < -0.39 is 6.04 Å². The second-order valence-corrected chi connectivity index (χ2v) is 7.72. The summed E-state index contributed by atoms with van der Waals surface area (Å²) < 4.78 is 0. The van der Waals surface area contributed by atoms with Gasteiger partial charge in [0.05, 0.1) is 0 Å². The van der Waals surface area contributed by atoms with Crippen molar-refractivity contribution in [2.75, 3.05) is 11.9 Å². The molecule has 0 bridgehead atoms. The molecule has 2 aromatic rings. The van der Waals surface area contributed by atoms with Gasteiger partial charge < -0.3 is 10.6 Å². The van der Waals surface area contributed by atoms with E-state index in [1.54, 1.807) is 0 Å². The van der Waals surface area contributed by atoms with Crippen LogP contribution in [0.25, 0.3) is 10.6 Å². The third kappa shape index (κ3) is 6.32. The first-order chi connectivity index (χ1) is 12.9. The number of benzene rings is 1. The predicted octanol–water partition coefficient (Wildman–Crippen LogP) is 3.58. The zero-order valence-electron chi connectivity index (χ0n) is 16.2. The molecule has 0 saturated carbocycles. The molecule has 3 N–H and O–H groups in total. The van der Waals surface area contributed by atoms with Crippen molar-refractivity contribution >= 4 is 28.4 Å². The molecule has 27 heavy (non-hydrogen) atoms. The second-order valence-electron chi connectivity index (χ2n) is 6.75. The number of rotatable bonds is 8. The summed E-state index contributed by atoms with van der Waals surface area (Å²) in [6, 6.07) is 6.95. The van der Waals surface area contributed by atoms with Crippen LogP contribution in [-0.4, -0.2) is 34.7 Å². The van der Waals surface area contributed by atoms with E-state index in [0.717, 1.165) is 29.0 Å². The quantitative estimate of drug-likeness (QED) is 0.601. The number of urea groups is 1. The van der Waals surface area contributed by atoms with Gasteiger partial charge in [-0.1, -0.05) is 62.3 Å². The molecule has 8 heteroatoms. The van der Waals surface area contributed by atoms with Crippen LogP contribution in [0.4, 0.5) is 9.93 Å². The third-order valence-electron chi connectivity index (χ3n) is 3.97. The minimum absolute atomic E-state index is 0.0638. The molecule has 0 aliphatic heterocycles. The molecule has 0 saturated heterocycles. The van der Waals surface area contributed by atoms with Crippen LogP contribution in [0.2, 0.25) is 0 Å². The number of nitrogens with zero attached hydrogens (tertiary/aromatic N) is 2. The number of anilines is 1. The Bertz CT molecular complexity index is 775. The highest BCUT2D eigenvalue weighted by Gasteiger charge is 2.25. The van der Waals surface area contributed by atoms with Crippen molar-refractivity contribution in [1.29, 1.82) is 0 Å². The van der Waals surface area contributed by atoms with Crippen molar-refractivity contribution in [3.63, 3.8) is 0 Å². The summed E-state index contributed by atoms with van der Waals surface area (Å²) in [4.78, 5) is 24.6. The number of hydrogen-bond donors (Lipinski definition) is 3. The molecule has 1 aromatic heterocycles. The second kappa shape index (κ2) is 10.0. The van der Waals surface area contributed by atoms with Crippen LogP contribution >= 0.6 is 11.3 Å². The van der Waals surface area contributed by atoms with Gasteiger partial charge in [0.15, 0.2) is 0 Å². The Balaban J connectivity index is 2.00. The number of aryl methyl sites for hydroxylation is 1. The molecular formula is C19H27N5O2S. The average molecular weight is 390 g/mol. The zero-order chi connectivity index (χ0) is 19.8. The lowest BCUT2D eigenvalue weighted by atomic mass is 10.0. The van der Waals surface area contributed by atoms with E-state index in [4.69, 9.17) is 0 Å². The molecule has 7 nitrogen and oxygen atoms in total. The fourth-order valence-corrected chi connectivity index (χ4v) is 3.20. The summed E-state index contributed by atoms with van der Waals surface area (Å²) in [5.74, 6) is -0.367. The summed E-state index contributed by atoms with van der Waals surface area (Å²) in [6.07, 6.45) is 1.90. The molecule has 0 aliphatic carbocycles. The van der Waals surface area contributed by atoms with Gasteiger partial charge in [-0.2, -0.15) is 0 Å². The van der Waals surface area contributed by atoms with Gasteiger partial charge >= 0.3 is 6.03 Å². The van der Waals surface area contributed by atoms with Crippen molar-refractivity contribution in [2.45, 2.75) is 46.6 Å². The van der Waals surface area contributed by atoms with E-state index in [1.807, 2.05) is 45.0 Å². The molecule has 2 rings (SSSR count). The lowest BCUT2D eigenvalue weighted by Crippen LogP contribution is -2.50. The molecule has 1 aromatic carbocycles. The van der Waals surface area contributed by atoms with E-state index in [1.165, 1.54) is 11.3 Å². The molecule has 0 fully saturated rings. The smallest absolute Gasteiger partial charge is 0.315 e. The molecule has 146 valence electrons. The summed E-state index contributed by atoms with van der Waals surface area (Å²) in [6.45, 7) is 8.42. The minimum atomic E-state index is -0.655. The normalized spacial score (nSPS) is 11.9. The SMILES string of the molecule is CCCCNC(=O)N[C@@H](C(=O)Nc1nnc(-c2cccc(C)c2)s1)C(C)C. The molecule has 0 radical (unpaired) electrons. The van der Waals surface area contributed by atoms with Gasteiger partial charge in [-0.05, 0) is 25.3 Å². The minimum Gasteiger partial charge on any atom is -0.338 e. The van der Waals surface area contributed by atoms with E-state index in [0.29, 0.717) is 11.7 Å². The third-order valence-corrected chi connectivity index (χ3v) is 4.86. The highest BCUT2D eigenvalue weighted by atomic mass is 32.1. The zero-order valence-corrected chi connectivity index (χ0v) is 17.0. The van der Waals surface area contributed by atoms with Crippen LogP contribution in [0.5, 0.6) is 0 Å². The van der Waals surface area contributed by atoms with Crippen LogP contribution in [0, 0.1) is 12.8 Å². The van der Waals surface area contributed by atoms with E-state index in [2.05, 4.69) is 33.1 Å². The number of unbranched alkanes of at least 4 members (excludes halogenated alkanes) is 1. The summed E-state index contributed by atoms with van der Waals surface area (Å²) in [5, 5.41) is 17.6. The van der Waals surface area contributed by atoms with Gasteiger partial charge in [0.1, 0.15) is 11.0 Å². The van der Waals surface area contributed by atoms with Crippen LogP contribution < -0.4 is 16.0 Å². The van der Waals surface area contributed by atoms with Crippen molar-refractivity contribution in [3.8, 4) is 10.6 Å². The van der Waals surface area contributed by atoms with E-state index >= 15 is 0 Å². The Kier molecular flexibility index (Phi) is 7.72. The molecule has 0 unspecified atom stereocenters. The topological polar surface area (TPSA) is 96.0 Å². The molecule has 3 amide bonds. The maximum Gasteiger partial charge on any atom is 0.315 e. The van der Waals surface area contributed by atoms with Crippen LogP contribution in [0.1, 0.15) is 39.2 Å². The van der Waals surface area contributed by atoms with Gasteiger partial charge in [0, 0.05) is 12.1 Å². The lowest BCUT2D eigenvalue weighted by molar-refractivity contribution is -0.118. The van der Waals surface area contributed by atoms with Crippen LogP contribution in [0.15, 0.2) is 24.3 Å². The van der Waals surface area contributed by atoms with Gasteiger partial charge in [0.2, 0.25) is 11.0 Å². The number of amides is 3. The Morgan fingerprint density at radius 2 is 2.00 bits per heavy atom. The van der Waals surface area contributed by atoms with Crippen LogP contribution in [0.3, 0.4) is 0 Å². The van der Waals surface area contributed by atoms with Crippen molar-refractivity contribution in [3.05, 3.63) is 29.8 Å². The van der Waals surface area contributed by atoms with Gasteiger partial charge in [-0.25, -0.2) is 4.79 Å². The summed E-state index contributed by atoms with van der Waals surface area (Å²) >= 11 is 1.31. The largest absolute Gasteiger partial charge is 0.338 e. The molecule has 0 spiro atoms. The van der Waals surface area contributed by atoms with Crippen molar-refractivity contribution in [2.24, 2.45) is 5.92 Å². The fourth-order valence-electron chi connectivity index (χ4n) is 2.46. The average Bonchev–Trinajstić information content (AvgIpc) is 3.08. The number of nitrogens with one attached hydrogen (secondary N) is 3. The van der Waals surface area contributed by atoms with Gasteiger partial charge in [0.25, 0.3) is 0 Å². The Morgan fingerprint density at radius 3 is 2.67 bits per heavy atom. The molecule has 0 aliphatic rings. The number of carbonyl (C=O) groups is 2. The predicted molar refractivity (Wildman–Crippen MR) is 109 cm³/mol. The Morgan fingerprint density at radius 1 is 1.22 bits per heavy atom. The van der Waals surface area contributed by atoms with E-state index in [9.17, 15) is 9.59 Å². The first-order valence-corrected chi connectivity index (χ1v) is 9.98. The number of carbonyl (C=O) groups excluding carboxylic acids is 2. The summed E-state index contributed by atoms with van der Waals surface area (Å²) in [5.41, 5.74) is 2.09. The Labute approximate surface area is 164 Å². The highest BCUT2D eigenvalue weighted by Crippen LogP contribution is 2.27. The highest BCUT2D eigenvalue weighted by molar-refractivity contribution is 7.18.